The monoisotopic (exact) mass is 492 g/mol. The number of fused-ring (bicyclic) bond motifs is 5. The first-order chi connectivity index (χ1) is 16.7. The summed E-state index contributed by atoms with van der Waals surface area (Å²) in [5, 5.41) is 11.8. The lowest BCUT2D eigenvalue weighted by Crippen LogP contribution is -2.65. The van der Waals surface area contributed by atoms with Gasteiger partial charge in [0, 0.05) is 0 Å². The van der Waals surface area contributed by atoms with Gasteiger partial charge < -0.3 is 5.11 Å². The second-order valence-electron chi connectivity index (χ2n) is 15.9. The Labute approximate surface area is 223 Å². The van der Waals surface area contributed by atoms with Crippen LogP contribution in [-0.2, 0) is 0 Å². The van der Waals surface area contributed by atoms with E-state index in [0.717, 1.165) is 30.6 Å². The van der Waals surface area contributed by atoms with Crippen molar-refractivity contribution in [2.75, 3.05) is 0 Å². The highest BCUT2D eigenvalue weighted by molar-refractivity contribution is 5.24. The zero-order valence-corrected chi connectivity index (χ0v) is 24.9. The van der Waals surface area contributed by atoms with Crippen LogP contribution in [0.5, 0.6) is 0 Å². The van der Waals surface area contributed by atoms with Crippen molar-refractivity contribution in [2.24, 2.45) is 45.3 Å². The van der Waals surface area contributed by atoms with Crippen molar-refractivity contribution in [3.8, 4) is 0 Å². The molecule has 0 amide bonds. The molecule has 1 aromatic carbocycles. The summed E-state index contributed by atoms with van der Waals surface area (Å²) in [5.41, 5.74) is 3.96. The van der Waals surface area contributed by atoms with Crippen LogP contribution in [0.15, 0.2) is 24.3 Å². The Morgan fingerprint density at radius 2 is 1.31 bits per heavy atom. The summed E-state index contributed by atoms with van der Waals surface area (Å²) >= 11 is 0. The molecule has 9 atom stereocenters. The van der Waals surface area contributed by atoms with Crippen LogP contribution in [0.25, 0.3) is 0 Å². The molecule has 2 unspecified atom stereocenters. The van der Waals surface area contributed by atoms with Gasteiger partial charge in [-0.1, -0.05) is 77.8 Å². The van der Waals surface area contributed by atoms with Gasteiger partial charge in [-0.15, -0.1) is 0 Å². The van der Waals surface area contributed by atoms with Crippen LogP contribution in [-0.4, -0.2) is 10.7 Å². The minimum absolute atomic E-state index is 0.257. The second-order valence-corrected chi connectivity index (χ2v) is 15.9. The Balaban J connectivity index is 1.41. The number of hydrogen-bond acceptors (Lipinski definition) is 1. The minimum atomic E-state index is -0.532. The Morgan fingerprint density at radius 1 is 0.750 bits per heavy atom. The quantitative estimate of drug-likeness (QED) is 0.443. The molecule has 0 aromatic heterocycles. The Bertz CT molecular complexity index is 942. The van der Waals surface area contributed by atoms with Gasteiger partial charge in [-0.25, -0.2) is 0 Å². The van der Waals surface area contributed by atoms with Crippen molar-refractivity contribution in [2.45, 2.75) is 138 Å². The van der Waals surface area contributed by atoms with Crippen LogP contribution in [0.1, 0.15) is 136 Å². The molecule has 4 aliphatic rings. The Hall–Kier alpha value is -0.820. The van der Waals surface area contributed by atoms with Gasteiger partial charge in [0.2, 0.25) is 0 Å². The van der Waals surface area contributed by atoms with Crippen molar-refractivity contribution in [3.63, 3.8) is 0 Å². The van der Waals surface area contributed by atoms with Gasteiger partial charge in [-0.05, 0) is 135 Å². The molecule has 5 rings (SSSR count). The predicted octanol–water partition coefficient (Wildman–Crippen LogP) is 9.70. The van der Waals surface area contributed by atoms with Gasteiger partial charge in [-0.3, -0.25) is 0 Å². The van der Waals surface area contributed by atoms with Crippen LogP contribution in [0.3, 0.4) is 0 Å². The van der Waals surface area contributed by atoms with Crippen molar-refractivity contribution in [3.05, 3.63) is 35.4 Å². The standard InChI is InChI=1S/C35H56O/c1-24-10-13-26(14-11-24)25(2)12-15-30-34(7)22-17-28-32(5)20-9-19-31(3,4)27(32)16-21-33(28,6)29(34)18-23-35(30,8)36/h10-11,13-14,25,27-30,36H,9,12,15-23H2,1-8H3/t25?,27-,28?,29-,30+,32-,33+,34-,35+/m0/s1. The largest absolute Gasteiger partial charge is 0.390 e. The molecule has 0 radical (unpaired) electrons. The fraction of sp³-hybridized carbons (Fsp3) is 0.829. The SMILES string of the molecule is Cc1ccc(C(C)CC[C@@H]2[C@@]3(C)CCC4[C@@](C)(CC[C@H]5C(C)(C)CCC[C@]45C)[C@@H]3CC[C@@]2(C)O)cc1. The summed E-state index contributed by atoms with van der Waals surface area (Å²) in [4.78, 5) is 0. The van der Waals surface area contributed by atoms with E-state index < -0.39 is 5.60 Å². The first-order valence-corrected chi connectivity index (χ1v) is 15.5. The number of benzene rings is 1. The normalized spacial score (nSPS) is 46.8. The van der Waals surface area contributed by atoms with Crippen LogP contribution >= 0.6 is 0 Å². The van der Waals surface area contributed by atoms with Crippen LogP contribution < -0.4 is 0 Å². The van der Waals surface area contributed by atoms with E-state index in [1.165, 1.54) is 68.9 Å². The number of aliphatic hydroxyl groups is 1. The van der Waals surface area contributed by atoms with E-state index in [-0.39, 0.29) is 5.41 Å². The molecule has 0 aliphatic heterocycles. The molecule has 0 spiro atoms. The lowest BCUT2D eigenvalue weighted by atomic mass is 9.34. The smallest absolute Gasteiger partial charge is 0.0653 e. The third kappa shape index (κ3) is 4.04. The van der Waals surface area contributed by atoms with E-state index in [1.807, 2.05) is 0 Å². The van der Waals surface area contributed by atoms with Crippen molar-refractivity contribution < 1.29 is 5.11 Å². The first-order valence-electron chi connectivity index (χ1n) is 15.5. The van der Waals surface area contributed by atoms with E-state index in [9.17, 15) is 5.11 Å². The van der Waals surface area contributed by atoms with Crippen molar-refractivity contribution >= 4 is 0 Å². The zero-order valence-electron chi connectivity index (χ0n) is 24.9. The number of rotatable bonds is 4. The van der Waals surface area contributed by atoms with E-state index in [2.05, 4.69) is 79.7 Å². The molecule has 4 saturated carbocycles. The molecule has 0 bridgehead atoms. The Kier molecular flexibility index (Phi) is 6.59. The molecule has 0 saturated heterocycles. The lowest BCUT2D eigenvalue weighted by Gasteiger charge is -2.71. The average molecular weight is 493 g/mol. The molecule has 1 aromatic rings. The van der Waals surface area contributed by atoms with E-state index in [0.29, 0.717) is 28.1 Å². The van der Waals surface area contributed by atoms with Crippen LogP contribution in [0, 0.1) is 52.3 Å². The van der Waals surface area contributed by atoms with Gasteiger partial charge in [0.15, 0.2) is 0 Å². The van der Waals surface area contributed by atoms with E-state index >= 15 is 0 Å². The molecule has 0 heterocycles. The van der Waals surface area contributed by atoms with E-state index in [4.69, 9.17) is 0 Å². The molecule has 36 heavy (non-hydrogen) atoms. The molecular formula is C35H56O. The van der Waals surface area contributed by atoms with Gasteiger partial charge in [0.05, 0.1) is 5.60 Å². The molecule has 202 valence electrons. The lowest BCUT2D eigenvalue weighted by molar-refractivity contribution is -0.236. The summed E-state index contributed by atoms with van der Waals surface area (Å²) in [6, 6.07) is 9.15. The van der Waals surface area contributed by atoms with Crippen molar-refractivity contribution in [1.29, 1.82) is 0 Å². The summed E-state index contributed by atoms with van der Waals surface area (Å²) < 4.78 is 0. The van der Waals surface area contributed by atoms with Gasteiger partial charge in [0.1, 0.15) is 0 Å². The van der Waals surface area contributed by atoms with Crippen LogP contribution in [0.2, 0.25) is 0 Å². The highest BCUT2D eigenvalue weighted by Crippen LogP contribution is 2.74. The minimum Gasteiger partial charge on any atom is -0.390 e. The second kappa shape index (κ2) is 8.86. The van der Waals surface area contributed by atoms with Crippen molar-refractivity contribution in [1.82, 2.24) is 0 Å². The Morgan fingerprint density at radius 3 is 2.00 bits per heavy atom. The van der Waals surface area contributed by atoms with E-state index in [1.54, 1.807) is 0 Å². The maximum Gasteiger partial charge on any atom is 0.0653 e. The molecular weight excluding hydrogens is 436 g/mol. The third-order valence-electron chi connectivity index (χ3n) is 13.4. The maximum atomic E-state index is 11.8. The van der Waals surface area contributed by atoms with Crippen LogP contribution in [0.4, 0.5) is 0 Å². The third-order valence-corrected chi connectivity index (χ3v) is 13.4. The predicted molar refractivity (Wildman–Crippen MR) is 153 cm³/mol. The average Bonchev–Trinajstić information content (AvgIpc) is 2.77. The fourth-order valence-electron chi connectivity index (χ4n) is 11.7. The molecule has 4 aliphatic carbocycles. The highest BCUT2D eigenvalue weighted by Gasteiger charge is 2.67. The first kappa shape index (κ1) is 26.8. The molecule has 1 nitrogen and oxygen atoms in total. The summed E-state index contributed by atoms with van der Waals surface area (Å²) in [5.74, 6) is 3.46. The maximum absolute atomic E-state index is 11.8. The van der Waals surface area contributed by atoms with Gasteiger partial charge in [-0.2, -0.15) is 0 Å². The summed E-state index contributed by atoms with van der Waals surface area (Å²) in [7, 11) is 0. The summed E-state index contributed by atoms with van der Waals surface area (Å²) in [6.07, 6.45) is 14.4. The van der Waals surface area contributed by atoms with Gasteiger partial charge >= 0.3 is 0 Å². The number of aryl methyl sites for hydroxylation is 1. The van der Waals surface area contributed by atoms with Gasteiger partial charge in [0.25, 0.3) is 0 Å². The zero-order chi connectivity index (χ0) is 26.1. The fourth-order valence-corrected chi connectivity index (χ4v) is 11.7. The molecule has 1 heteroatoms. The summed E-state index contributed by atoms with van der Waals surface area (Å²) in [6.45, 7) is 20.0. The molecule has 4 fully saturated rings. The topological polar surface area (TPSA) is 20.2 Å². The molecule has 1 N–H and O–H groups in total. The number of hydrogen-bond donors (Lipinski definition) is 1. The highest BCUT2D eigenvalue weighted by atomic mass is 16.3.